The summed E-state index contributed by atoms with van der Waals surface area (Å²) >= 11 is 0. The van der Waals surface area contributed by atoms with Gasteiger partial charge in [-0.2, -0.15) is 0 Å². The van der Waals surface area contributed by atoms with E-state index in [1.165, 1.54) is 5.56 Å². The predicted octanol–water partition coefficient (Wildman–Crippen LogP) is 4.32. The normalized spacial score (nSPS) is 20.3. The fourth-order valence-corrected chi connectivity index (χ4v) is 2.07. The standard InChI is InChI=1S/C13H16F2/c1-9(2)10-4-3-5-11(6-10)12-7-13(14,15)8-12/h3-6,9,12H,7-8H2,1-2H3. The van der Waals surface area contributed by atoms with Crippen LogP contribution in [0.5, 0.6) is 0 Å². The highest BCUT2D eigenvalue weighted by Gasteiger charge is 2.45. The Kier molecular flexibility index (Phi) is 2.53. The van der Waals surface area contributed by atoms with Crippen molar-refractivity contribution in [3.05, 3.63) is 35.4 Å². The summed E-state index contributed by atoms with van der Waals surface area (Å²) in [5, 5.41) is 0. The minimum absolute atomic E-state index is 0.0224. The predicted molar refractivity (Wildman–Crippen MR) is 57.5 cm³/mol. The van der Waals surface area contributed by atoms with Crippen LogP contribution in [0, 0.1) is 0 Å². The van der Waals surface area contributed by atoms with Gasteiger partial charge in [0, 0.05) is 12.8 Å². The molecule has 2 rings (SSSR count). The van der Waals surface area contributed by atoms with E-state index >= 15 is 0 Å². The Morgan fingerprint density at radius 3 is 2.47 bits per heavy atom. The number of benzene rings is 1. The van der Waals surface area contributed by atoms with Gasteiger partial charge in [-0.3, -0.25) is 0 Å². The summed E-state index contributed by atoms with van der Waals surface area (Å²) in [7, 11) is 0. The highest BCUT2D eigenvalue weighted by molar-refractivity contribution is 5.30. The zero-order valence-electron chi connectivity index (χ0n) is 9.13. The third kappa shape index (κ3) is 2.19. The van der Waals surface area contributed by atoms with Gasteiger partial charge in [-0.05, 0) is 23.0 Å². The molecule has 0 nitrogen and oxygen atoms in total. The van der Waals surface area contributed by atoms with Crippen molar-refractivity contribution in [1.82, 2.24) is 0 Å². The zero-order chi connectivity index (χ0) is 11.1. The first-order valence-corrected chi connectivity index (χ1v) is 5.45. The topological polar surface area (TPSA) is 0 Å². The van der Waals surface area contributed by atoms with Crippen molar-refractivity contribution >= 4 is 0 Å². The largest absolute Gasteiger partial charge is 0.249 e. The fraction of sp³-hybridized carbons (Fsp3) is 0.538. The van der Waals surface area contributed by atoms with Gasteiger partial charge in [0.05, 0.1) is 0 Å². The maximum absolute atomic E-state index is 12.7. The Morgan fingerprint density at radius 1 is 1.27 bits per heavy atom. The van der Waals surface area contributed by atoms with Gasteiger partial charge in [0.25, 0.3) is 0 Å². The van der Waals surface area contributed by atoms with Gasteiger partial charge in [0.1, 0.15) is 0 Å². The molecule has 0 amide bonds. The summed E-state index contributed by atoms with van der Waals surface area (Å²) in [6.07, 6.45) is 0.0447. The van der Waals surface area contributed by atoms with Crippen LogP contribution in [0.25, 0.3) is 0 Å². The molecule has 0 aromatic heterocycles. The minimum atomic E-state index is -2.42. The summed E-state index contributed by atoms with van der Waals surface area (Å²) in [4.78, 5) is 0. The van der Waals surface area contributed by atoms with Crippen molar-refractivity contribution in [2.24, 2.45) is 0 Å². The molecule has 0 bridgehead atoms. The van der Waals surface area contributed by atoms with Crippen LogP contribution in [0.2, 0.25) is 0 Å². The minimum Gasteiger partial charge on any atom is -0.207 e. The van der Waals surface area contributed by atoms with Gasteiger partial charge < -0.3 is 0 Å². The second-order valence-electron chi connectivity index (χ2n) is 4.79. The molecule has 2 heteroatoms. The fourth-order valence-electron chi connectivity index (χ4n) is 2.07. The highest BCUT2D eigenvalue weighted by Crippen LogP contribution is 2.48. The van der Waals surface area contributed by atoms with Crippen LogP contribution in [0.15, 0.2) is 24.3 Å². The second kappa shape index (κ2) is 3.58. The van der Waals surface area contributed by atoms with Crippen molar-refractivity contribution in [3.63, 3.8) is 0 Å². The van der Waals surface area contributed by atoms with Crippen LogP contribution < -0.4 is 0 Å². The van der Waals surface area contributed by atoms with Gasteiger partial charge in [-0.1, -0.05) is 38.1 Å². The first-order chi connectivity index (χ1) is 6.98. The van der Waals surface area contributed by atoms with E-state index in [0.29, 0.717) is 5.92 Å². The van der Waals surface area contributed by atoms with Crippen LogP contribution in [-0.2, 0) is 0 Å². The van der Waals surface area contributed by atoms with Crippen LogP contribution in [0.1, 0.15) is 49.7 Å². The van der Waals surface area contributed by atoms with E-state index in [1.807, 2.05) is 12.1 Å². The zero-order valence-corrected chi connectivity index (χ0v) is 9.13. The Bertz CT molecular complexity index is 347. The molecule has 0 heterocycles. The molecule has 1 aromatic carbocycles. The van der Waals surface area contributed by atoms with Crippen molar-refractivity contribution in [2.45, 2.75) is 44.4 Å². The molecule has 0 radical (unpaired) electrons. The SMILES string of the molecule is CC(C)c1cccc(C2CC(F)(F)C2)c1. The molecule has 0 spiro atoms. The molecular weight excluding hydrogens is 194 g/mol. The van der Waals surface area contributed by atoms with Gasteiger partial charge in [-0.25, -0.2) is 8.78 Å². The number of alkyl halides is 2. The molecular formula is C13H16F2. The summed E-state index contributed by atoms with van der Waals surface area (Å²) in [6, 6.07) is 8.07. The third-order valence-corrected chi connectivity index (χ3v) is 3.14. The van der Waals surface area contributed by atoms with Crippen molar-refractivity contribution < 1.29 is 8.78 Å². The van der Waals surface area contributed by atoms with Crippen LogP contribution >= 0.6 is 0 Å². The molecule has 1 aliphatic carbocycles. The second-order valence-corrected chi connectivity index (χ2v) is 4.79. The number of hydrogen-bond donors (Lipinski definition) is 0. The van der Waals surface area contributed by atoms with Crippen molar-refractivity contribution in [2.75, 3.05) is 0 Å². The van der Waals surface area contributed by atoms with E-state index in [0.717, 1.165) is 5.56 Å². The summed E-state index contributed by atoms with van der Waals surface area (Å²) < 4.78 is 25.5. The molecule has 0 unspecified atom stereocenters. The van der Waals surface area contributed by atoms with E-state index in [2.05, 4.69) is 26.0 Å². The van der Waals surface area contributed by atoms with E-state index in [9.17, 15) is 8.78 Å². The summed E-state index contributed by atoms with van der Waals surface area (Å²) in [5.74, 6) is -1.89. The Morgan fingerprint density at radius 2 is 1.93 bits per heavy atom. The van der Waals surface area contributed by atoms with Gasteiger partial charge in [0.15, 0.2) is 0 Å². The molecule has 1 saturated carbocycles. The molecule has 1 aliphatic rings. The van der Waals surface area contributed by atoms with E-state index in [4.69, 9.17) is 0 Å². The van der Waals surface area contributed by atoms with Crippen molar-refractivity contribution in [3.8, 4) is 0 Å². The average molecular weight is 210 g/mol. The Labute approximate surface area is 89.3 Å². The molecule has 0 N–H and O–H groups in total. The van der Waals surface area contributed by atoms with Gasteiger partial charge in [0.2, 0.25) is 5.92 Å². The molecule has 0 aliphatic heterocycles. The smallest absolute Gasteiger partial charge is 0.207 e. The maximum atomic E-state index is 12.7. The lowest BCUT2D eigenvalue weighted by molar-refractivity contribution is -0.0867. The van der Waals surface area contributed by atoms with Crippen LogP contribution in [0.3, 0.4) is 0 Å². The molecule has 0 saturated heterocycles. The quantitative estimate of drug-likeness (QED) is 0.681. The summed E-state index contributed by atoms with van der Waals surface area (Å²) in [6.45, 7) is 4.24. The molecule has 0 atom stereocenters. The first kappa shape index (κ1) is 10.6. The summed E-state index contributed by atoms with van der Waals surface area (Å²) in [5.41, 5.74) is 2.31. The average Bonchev–Trinajstić information content (AvgIpc) is 2.14. The lowest BCUT2D eigenvalue weighted by Crippen LogP contribution is -2.33. The Hall–Kier alpha value is -0.920. The van der Waals surface area contributed by atoms with Gasteiger partial charge >= 0.3 is 0 Å². The maximum Gasteiger partial charge on any atom is 0.249 e. The van der Waals surface area contributed by atoms with Crippen molar-refractivity contribution in [1.29, 1.82) is 0 Å². The first-order valence-electron chi connectivity index (χ1n) is 5.45. The van der Waals surface area contributed by atoms with E-state index in [1.54, 1.807) is 0 Å². The highest BCUT2D eigenvalue weighted by atomic mass is 19.3. The molecule has 1 aromatic rings. The van der Waals surface area contributed by atoms with Crippen LogP contribution in [-0.4, -0.2) is 5.92 Å². The van der Waals surface area contributed by atoms with Gasteiger partial charge in [-0.15, -0.1) is 0 Å². The van der Waals surface area contributed by atoms with Crippen LogP contribution in [0.4, 0.5) is 8.78 Å². The Balaban J connectivity index is 2.13. The number of halogens is 2. The monoisotopic (exact) mass is 210 g/mol. The number of rotatable bonds is 2. The molecule has 15 heavy (non-hydrogen) atoms. The lowest BCUT2D eigenvalue weighted by Gasteiger charge is -2.35. The molecule has 1 fully saturated rings. The number of hydrogen-bond acceptors (Lipinski definition) is 0. The third-order valence-electron chi connectivity index (χ3n) is 3.14. The van der Waals surface area contributed by atoms with E-state index < -0.39 is 5.92 Å². The van der Waals surface area contributed by atoms with E-state index in [-0.39, 0.29) is 18.8 Å². The molecule has 82 valence electrons. The lowest BCUT2D eigenvalue weighted by atomic mass is 9.76.